The van der Waals surface area contributed by atoms with Crippen molar-refractivity contribution in [3.05, 3.63) is 64.3 Å². The first kappa shape index (κ1) is 15.6. The molecule has 0 fully saturated rings. The highest BCUT2D eigenvalue weighted by Gasteiger charge is 2.12. The van der Waals surface area contributed by atoms with Gasteiger partial charge < -0.3 is 14.5 Å². The van der Waals surface area contributed by atoms with Crippen molar-refractivity contribution in [1.82, 2.24) is 4.57 Å². The molecular weight excluding hydrogens is 356 g/mol. The number of oxime groups is 1. The van der Waals surface area contributed by atoms with E-state index in [2.05, 4.69) is 43.9 Å². The molecule has 3 aromatic rings. The molecule has 1 aromatic heterocycles. The van der Waals surface area contributed by atoms with Crippen LogP contribution in [0.15, 0.2) is 58.3 Å². The minimum absolute atomic E-state index is 0.603. The van der Waals surface area contributed by atoms with Gasteiger partial charge in [0.15, 0.2) is 0 Å². The summed E-state index contributed by atoms with van der Waals surface area (Å²) >= 11 is 3.52. The maximum atomic E-state index is 9.11. The molecule has 0 spiro atoms. The van der Waals surface area contributed by atoms with Crippen molar-refractivity contribution in [1.29, 1.82) is 0 Å². The third-order valence-corrected chi connectivity index (χ3v) is 4.39. The third kappa shape index (κ3) is 3.10. The second kappa shape index (κ2) is 6.46. The Kier molecular flexibility index (Phi) is 4.39. The lowest BCUT2D eigenvalue weighted by molar-refractivity contribution is 0.319. The summed E-state index contributed by atoms with van der Waals surface area (Å²) in [6.45, 7) is 2.53. The van der Waals surface area contributed by atoms with Gasteiger partial charge in [-0.25, -0.2) is 0 Å². The van der Waals surface area contributed by atoms with Gasteiger partial charge in [-0.1, -0.05) is 39.3 Å². The molecule has 0 unspecified atom stereocenters. The van der Waals surface area contributed by atoms with Gasteiger partial charge in [-0.3, -0.25) is 0 Å². The van der Waals surface area contributed by atoms with Crippen LogP contribution in [0.25, 0.3) is 10.9 Å². The molecule has 2 aromatic carbocycles. The maximum absolute atomic E-state index is 9.11. The summed E-state index contributed by atoms with van der Waals surface area (Å²) in [5.41, 5.74) is 3.80. The topological polar surface area (TPSA) is 46.8 Å². The molecule has 1 N–H and O–H groups in total. The molecule has 0 atom stereocenters. The van der Waals surface area contributed by atoms with Crippen molar-refractivity contribution in [2.75, 3.05) is 7.11 Å². The first-order chi connectivity index (χ1) is 11.1. The summed E-state index contributed by atoms with van der Waals surface area (Å²) in [4.78, 5) is 0. The summed E-state index contributed by atoms with van der Waals surface area (Å²) in [5, 5.41) is 13.5. The van der Waals surface area contributed by atoms with Gasteiger partial charge in [0.1, 0.15) is 5.75 Å². The van der Waals surface area contributed by atoms with Crippen LogP contribution in [0, 0.1) is 0 Å². The fourth-order valence-corrected chi connectivity index (χ4v) is 3.01. The predicted octanol–water partition coefficient (Wildman–Crippen LogP) is 4.66. The minimum atomic E-state index is 0.603. The zero-order valence-electron chi connectivity index (χ0n) is 13.0. The molecule has 23 heavy (non-hydrogen) atoms. The molecule has 4 nitrogen and oxygen atoms in total. The summed E-state index contributed by atoms with van der Waals surface area (Å²) in [6, 6.07) is 14.1. The molecule has 3 rings (SSSR count). The molecule has 5 heteroatoms. The van der Waals surface area contributed by atoms with Crippen LogP contribution >= 0.6 is 15.9 Å². The van der Waals surface area contributed by atoms with Crippen LogP contribution in [0.3, 0.4) is 0 Å². The van der Waals surface area contributed by atoms with E-state index in [1.54, 1.807) is 14.0 Å². The van der Waals surface area contributed by atoms with Gasteiger partial charge in [0.25, 0.3) is 0 Å². The fourth-order valence-electron chi connectivity index (χ4n) is 2.67. The number of fused-ring (bicyclic) bond motifs is 1. The van der Waals surface area contributed by atoms with E-state index in [4.69, 9.17) is 9.94 Å². The second-order valence-electron chi connectivity index (χ2n) is 5.37. The summed E-state index contributed by atoms with van der Waals surface area (Å²) in [6.07, 6.45) is 2.02. The minimum Gasteiger partial charge on any atom is -0.497 e. The average Bonchev–Trinajstić information content (AvgIpc) is 2.92. The molecular formula is C18H17BrN2O2. The second-order valence-corrected chi connectivity index (χ2v) is 6.28. The van der Waals surface area contributed by atoms with Crippen molar-refractivity contribution < 1.29 is 9.94 Å². The third-order valence-electron chi connectivity index (χ3n) is 3.90. The van der Waals surface area contributed by atoms with E-state index in [1.165, 1.54) is 5.56 Å². The number of benzene rings is 2. The zero-order valence-corrected chi connectivity index (χ0v) is 14.5. The number of methoxy groups -OCH3 is 1. The largest absolute Gasteiger partial charge is 0.497 e. The van der Waals surface area contributed by atoms with E-state index in [0.29, 0.717) is 5.71 Å². The highest BCUT2D eigenvalue weighted by molar-refractivity contribution is 9.10. The number of hydrogen-bond acceptors (Lipinski definition) is 3. The van der Waals surface area contributed by atoms with E-state index in [-0.39, 0.29) is 0 Å². The monoisotopic (exact) mass is 372 g/mol. The lowest BCUT2D eigenvalue weighted by atomic mass is 10.1. The van der Waals surface area contributed by atoms with Crippen LogP contribution < -0.4 is 4.74 Å². The lowest BCUT2D eigenvalue weighted by Gasteiger charge is -2.07. The zero-order chi connectivity index (χ0) is 16.4. The Labute approximate surface area is 143 Å². The van der Waals surface area contributed by atoms with Crippen molar-refractivity contribution in [3.63, 3.8) is 0 Å². The van der Waals surface area contributed by atoms with Crippen molar-refractivity contribution in [2.24, 2.45) is 5.16 Å². The number of rotatable bonds is 4. The molecule has 0 aliphatic carbocycles. The number of nitrogens with zero attached hydrogens (tertiary/aromatic N) is 2. The predicted molar refractivity (Wildman–Crippen MR) is 95.7 cm³/mol. The van der Waals surface area contributed by atoms with Crippen LogP contribution in [-0.2, 0) is 6.54 Å². The van der Waals surface area contributed by atoms with E-state index in [0.717, 1.165) is 33.2 Å². The number of ether oxygens (including phenoxy) is 1. The first-order valence-electron chi connectivity index (χ1n) is 7.22. The van der Waals surface area contributed by atoms with E-state index >= 15 is 0 Å². The highest BCUT2D eigenvalue weighted by Crippen LogP contribution is 2.26. The molecule has 0 saturated carbocycles. The van der Waals surface area contributed by atoms with Gasteiger partial charge in [-0.15, -0.1) is 0 Å². The highest BCUT2D eigenvalue weighted by atomic mass is 79.9. The summed E-state index contributed by atoms with van der Waals surface area (Å²) < 4.78 is 8.38. The van der Waals surface area contributed by atoms with Gasteiger partial charge >= 0.3 is 0 Å². The standard InChI is InChI=1S/C18H17BrN2O2/c1-12(20-22)17-11-21(18-9-14(19)5-8-16(17)18)10-13-3-6-15(23-2)7-4-13/h3-9,11,22H,10H2,1-2H3. The molecule has 0 amide bonds. The summed E-state index contributed by atoms with van der Waals surface area (Å²) in [7, 11) is 1.66. The fraction of sp³-hybridized carbons (Fsp3) is 0.167. The number of halogens is 1. The SMILES string of the molecule is COc1ccc(Cn2cc(C(C)=NO)c3ccc(Br)cc32)cc1. The van der Waals surface area contributed by atoms with Crippen LogP contribution in [-0.4, -0.2) is 22.6 Å². The van der Waals surface area contributed by atoms with Gasteiger partial charge in [0.2, 0.25) is 0 Å². The van der Waals surface area contributed by atoms with Crippen molar-refractivity contribution in [2.45, 2.75) is 13.5 Å². The van der Waals surface area contributed by atoms with Gasteiger partial charge in [-0.05, 0) is 36.8 Å². The summed E-state index contributed by atoms with van der Waals surface area (Å²) in [5.74, 6) is 0.845. The molecule has 0 aliphatic rings. The molecule has 0 aliphatic heterocycles. The molecule has 118 valence electrons. The Balaban J connectivity index is 2.07. The molecule has 1 heterocycles. The number of hydrogen-bond donors (Lipinski definition) is 1. The molecule has 0 saturated heterocycles. The normalized spacial score (nSPS) is 11.9. The Morgan fingerprint density at radius 3 is 2.61 bits per heavy atom. The Hall–Kier alpha value is -2.27. The van der Waals surface area contributed by atoms with E-state index < -0.39 is 0 Å². The van der Waals surface area contributed by atoms with Crippen LogP contribution in [0.2, 0.25) is 0 Å². The van der Waals surface area contributed by atoms with E-state index in [9.17, 15) is 0 Å². The molecule has 0 bridgehead atoms. The number of aromatic nitrogens is 1. The smallest absolute Gasteiger partial charge is 0.118 e. The maximum Gasteiger partial charge on any atom is 0.118 e. The van der Waals surface area contributed by atoms with Crippen LogP contribution in [0.5, 0.6) is 5.75 Å². The van der Waals surface area contributed by atoms with Crippen molar-refractivity contribution >= 4 is 32.5 Å². The Morgan fingerprint density at radius 1 is 1.22 bits per heavy atom. The van der Waals surface area contributed by atoms with Crippen LogP contribution in [0.4, 0.5) is 0 Å². The molecule has 0 radical (unpaired) electrons. The Bertz CT molecular complexity index is 867. The van der Waals surface area contributed by atoms with Gasteiger partial charge in [-0.2, -0.15) is 0 Å². The first-order valence-corrected chi connectivity index (χ1v) is 8.02. The van der Waals surface area contributed by atoms with Crippen molar-refractivity contribution in [3.8, 4) is 5.75 Å². The average molecular weight is 373 g/mol. The quantitative estimate of drug-likeness (QED) is 0.411. The van der Waals surface area contributed by atoms with Gasteiger partial charge in [0.05, 0.1) is 18.3 Å². The Morgan fingerprint density at radius 2 is 1.96 bits per heavy atom. The van der Waals surface area contributed by atoms with E-state index in [1.807, 2.05) is 30.5 Å². The lowest BCUT2D eigenvalue weighted by Crippen LogP contribution is -1.98. The van der Waals surface area contributed by atoms with Crippen LogP contribution in [0.1, 0.15) is 18.1 Å². The van der Waals surface area contributed by atoms with Gasteiger partial charge in [0, 0.05) is 28.2 Å².